The maximum atomic E-state index is 12.5. The van der Waals surface area contributed by atoms with Crippen LogP contribution in [-0.2, 0) is 4.79 Å². The van der Waals surface area contributed by atoms with Gasteiger partial charge < -0.3 is 10.1 Å². The Balaban J connectivity index is 1.52. The molecule has 0 saturated heterocycles. The normalized spacial score (nSPS) is 10.9. The van der Waals surface area contributed by atoms with Crippen molar-refractivity contribution in [3.63, 3.8) is 0 Å². The predicted octanol–water partition coefficient (Wildman–Crippen LogP) is 4.92. The highest BCUT2D eigenvalue weighted by Crippen LogP contribution is 2.32. The number of hydrogen-bond donors (Lipinski definition) is 1. The first-order valence-electron chi connectivity index (χ1n) is 10.0. The molecule has 9 nitrogen and oxygen atoms in total. The van der Waals surface area contributed by atoms with Gasteiger partial charge in [0, 0.05) is 6.07 Å². The summed E-state index contributed by atoms with van der Waals surface area (Å²) in [5.74, 6) is -0.459. The van der Waals surface area contributed by atoms with Crippen molar-refractivity contribution in [1.29, 1.82) is 0 Å². The van der Waals surface area contributed by atoms with E-state index in [9.17, 15) is 14.9 Å². The summed E-state index contributed by atoms with van der Waals surface area (Å²) in [4.78, 5) is 24.8. The highest BCUT2D eigenvalue weighted by molar-refractivity contribution is 6.34. The molecule has 10 heteroatoms. The monoisotopic (exact) mass is 465 g/mol. The van der Waals surface area contributed by atoms with Gasteiger partial charge >= 0.3 is 5.69 Å². The number of nitrogens with zero attached hydrogens (tertiary/aromatic N) is 4. The van der Waals surface area contributed by atoms with Crippen molar-refractivity contribution in [3.8, 4) is 11.4 Å². The molecule has 1 amide bonds. The molecule has 0 unspecified atom stereocenters. The molecule has 0 radical (unpaired) electrons. The molecule has 0 aliphatic rings. The number of nitrogens with one attached hydrogen (secondary N) is 1. The van der Waals surface area contributed by atoms with Crippen LogP contribution in [0.25, 0.3) is 16.7 Å². The summed E-state index contributed by atoms with van der Waals surface area (Å²) in [6.07, 6.45) is 0. The first-order chi connectivity index (χ1) is 15.7. The molecule has 0 aliphatic heterocycles. The second-order valence-corrected chi connectivity index (χ2v) is 8.08. The largest absolute Gasteiger partial charge is 0.477 e. The Morgan fingerprint density at radius 1 is 1.06 bits per heavy atom. The highest BCUT2D eigenvalue weighted by Gasteiger charge is 2.20. The summed E-state index contributed by atoms with van der Waals surface area (Å²) in [5.41, 5.74) is 4.48. The van der Waals surface area contributed by atoms with Crippen LogP contribution in [0.3, 0.4) is 0 Å². The van der Waals surface area contributed by atoms with Crippen LogP contribution >= 0.6 is 11.6 Å². The lowest BCUT2D eigenvalue weighted by Gasteiger charge is -2.11. The van der Waals surface area contributed by atoms with Crippen LogP contribution in [0.2, 0.25) is 5.02 Å². The zero-order valence-corrected chi connectivity index (χ0v) is 18.9. The minimum absolute atomic E-state index is 0.0586. The van der Waals surface area contributed by atoms with Crippen molar-refractivity contribution in [2.24, 2.45) is 0 Å². The van der Waals surface area contributed by atoms with Crippen molar-refractivity contribution in [2.75, 3.05) is 11.9 Å². The van der Waals surface area contributed by atoms with Crippen molar-refractivity contribution >= 4 is 39.9 Å². The topological polar surface area (TPSA) is 112 Å². The van der Waals surface area contributed by atoms with Crippen LogP contribution in [0, 0.1) is 30.9 Å². The van der Waals surface area contributed by atoms with Gasteiger partial charge in [0.15, 0.2) is 6.61 Å². The van der Waals surface area contributed by atoms with Crippen molar-refractivity contribution in [1.82, 2.24) is 15.0 Å². The lowest BCUT2D eigenvalue weighted by Crippen LogP contribution is -2.21. The smallest absolute Gasteiger partial charge is 0.311 e. The van der Waals surface area contributed by atoms with Crippen LogP contribution < -0.4 is 10.1 Å². The van der Waals surface area contributed by atoms with Crippen molar-refractivity contribution in [3.05, 3.63) is 80.4 Å². The number of aromatic nitrogens is 3. The van der Waals surface area contributed by atoms with E-state index in [-0.39, 0.29) is 16.5 Å². The number of anilines is 1. The maximum Gasteiger partial charge on any atom is 0.311 e. The number of amides is 1. The second-order valence-electron chi connectivity index (χ2n) is 7.67. The molecule has 0 aliphatic carbocycles. The minimum atomic E-state index is -0.532. The first kappa shape index (κ1) is 22.2. The fourth-order valence-corrected chi connectivity index (χ4v) is 3.61. The standard InChI is InChI=1S/C23H20ClN5O4/c1-13-4-6-16(7-5-13)28-26-19-10-17(24)18(11-20(19)27-28)25-22(30)12-33-23-15(3)8-14(2)9-21(23)29(31)32/h4-11H,12H2,1-3H3,(H,25,30). The molecule has 0 fully saturated rings. The van der Waals surface area contributed by atoms with E-state index in [0.29, 0.717) is 22.3 Å². The summed E-state index contributed by atoms with van der Waals surface area (Å²) in [7, 11) is 0. The number of halogens is 1. The molecule has 168 valence electrons. The number of fused-ring (bicyclic) bond motifs is 1. The van der Waals surface area contributed by atoms with E-state index >= 15 is 0 Å². The number of carbonyl (C=O) groups is 1. The summed E-state index contributed by atoms with van der Waals surface area (Å²) in [6, 6.07) is 14.1. The quantitative estimate of drug-likeness (QED) is 0.319. The van der Waals surface area contributed by atoms with Gasteiger partial charge in [-0.05, 0) is 56.2 Å². The molecule has 4 aromatic rings. The van der Waals surface area contributed by atoms with E-state index in [1.807, 2.05) is 31.2 Å². The number of hydrogen-bond acceptors (Lipinski definition) is 6. The molecule has 33 heavy (non-hydrogen) atoms. The Bertz CT molecular complexity index is 1380. The predicted molar refractivity (Wildman–Crippen MR) is 125 cm³/mol. The number of nitro benzene ring substituents is 1. The summed E-state index contributed by atoms with van der Waals surface area (Å²) in [6.45, 7) is 5.02. The first-order valence-corrected chi connectivity index (χ1v) is 10.4. The second kappa shape index (κ2) is 8.87. The summed E-state index contributed by atoms with van der Waals surface area (Å²) in [5, 5.41) is 23.2. The van der Waals surface area contributed by atoms with E-state index in [0.717, 1.165) is 16.8 Å². The third kappa shape index (κ3) is 4.78. The molecule has 0 spiro atoms. The Hall–Kier alpha value is -3.98. The molecule has 0 bridgehead atoms. The van der Waals surface area contributed by atoms with E-state index in [1.165, 1.54) is 10.9 Å². The molecule has 4 rings (SSSR count). The van der Waals surface area contributed by atoms with Crippen LogP contribution in [0.1, 0.15) is 16.7 Å². The van der Waals surface area contributed by atoms with Crippen LogP contribution in [0.15, 0.2) is 48.5 Å². The number of benzene rings is 3. The summed E-state index contributed by atoms with van der Waals surface area (Å²) < 4.78 is 5.49. The Morgan fingerprint density at radius 3 is 2.39 bits per heavy atom. The average Bonchev–Trinajstić information content (AvgIpc) is 3.15. The number of nitro groups is 1. The van der Waals surface area contributed by atoms with Gasteiger partial charge in [0.05, 0.1) is 21.3 Å². The minimum Gasteiger partial charge on any atom is -0.477 e. The van der Waals surface area contributed by atoms with E-state index in [1.54, 1.807) is 32.0 Å². The van der Waals surface area contributed by atoms with Crippen LogP contribution in [0.4, 0.5) is 11.4 Å². The number of carbonyl (C=O) groups excluding carboxylic acids is 1. The van der Waals surface area contributed by atoms with Gasteiger partial charge in [-0.3, -0.25) is 14.9 Å². The zero-order chi connectivity index (χ0) is 23.7. The maximum absolute atomic E-state index is 12.5. The van der Waals surface area contributed by atoms with Gasteiger partial charge in [0.25, 0.3) is 5.91 Å². The van der Waals surface area contributed by atoms with Gasteiger partial charge in [-0.25, -0.2) is 0 Å². The zero-order valence-electron chi connectivity index (χ0n) is 18.1. The van der Waals surface area contributed by atoms with E-state index < -0.39 is 17.4 Å². The van der Waals surface area contributed by atoms with Crippen molar-refractivity contribution < 1.29 is 14.5 Å². The third-order valence-corrected chi connectivity index (χ3v) is 5.26. The number of ether oxygens (including phenoxy) is 1. The van der Waals surface area contributed by atoms with E-state index in [4.69, 9.17) is 16.3 Å². The third-order valence-electron chi connectivity index (χ3n) is 4.95. The molecule has 1 aromatic heterocycles. The SMILES string of the molecule is Cc1ccc(-n2nc3cc(Cl)c(NC(=O)COc4c(C)cc(C)cc4[N+](=O)[O-])cc3n2)cc1. The van der Waals surface area contributed by atoms with Gasteiger partial charge in [-0.1, -0.05) is 35.4 Å². The number of aryl methyl sites for hydroxylation is 3. The molecular weight excluding hydrogens is 446 g/mol. The molecule has 1 heterocycles. The highest BCUT2D eigenvalue weighted by atomic mass is 35.5. The van der Waals surface area contributed by atoms with Gasteiger partial charge in [0.1, 0.15) is 11.0 Å². The fraction of sp³-hybridized carbons (Fsp3) is 0.174. The Labute approximate surface area is 194 Å². The Morgan fingerprint density at radius 2 is 1.73 bits per heavy atom. The van der Waals surface area contributed by atoms with Crippen LogP contribution in [-0.4, -0.2) is 32.4 Å². The van der Waals surface area contributed by atoms with Gasteiger partial charge in [-0.2, -0.15) is 4.80 Å². The van der Waals surface area contributed by atoms with Crippen LogP contribution in [0.5, 0.6) is 5.75 Å². The molecule has 3 aromatic carbocycles. The lowest BCUT2D eigenvalue weighted by molar-refractivity contribution is -0.385. The average molecular weight is 466 g/mol. The lowest BCUT2D eigenvalue weighted by atomic mass is 10.1. The van der Waals surface area contributed by atoms with E-state index in [2.05, 4.69) is 15.5 Å². The number of rotatable bonds is 6. The van der Waals surface area contributed by atoms with Gasteiger partial charge in [0.2, 0.25) is 5.75 Å². The molecule has 1 N–H and O–H groups in total. The molecule has 0 saturated carbocycles. The summed E-state index contributed by atoms with van der Waals surface area (Å²) >= 11 is 6.33. The Kier molecular flexibility index (Phi) is 5.97. The van der Waals surface area contributed by atoms with Crippen molar-refractivity contribution in [2.45, 2.75) is 20.8 Å². The molecule has 0 atom stereocenters. The molecular formula is C23H20ClN5O4. The van der Waals surface area contributed by atoms with Gasteiger partial charge in [-0.15, -0.1) is 10.2 Å². The fourth-order valence-electron chi connectivity index (χ4n) is 3.41.